The maximum absolute atomic E-state index is 10.9. The molecule has 1 aromatic rings. The molecule has 2 atom stereocenters. The third-order valence-corrected chi connectivity index (χ3v) is 3.36. The van der Waals surface area contributed by atoms with Crippen molar-refractivity contribution in [1.82, 2.24) is 4.98 Å². The Bertz CT molecular complexity index is 378. The van der Waals surface area contributed by atoms with E-state index in [1.54, 1.807) is 6.26 Å². The van der Waals surface area contributed by atoms with Crippen molar-refractivity contribution < 1.29 is 14.1 Å². The van der Waals surface area contributed by atoms with Crippen LogP contribution >= 0.6 is 11.3 Å². The minimum atomic E-state index is -1.05. The molecule has 7 heteroatoms. The van der Waals surface area contributed by atoms with Gasteiger partial charge in [-0.05, 0) is 6.92 Å². The number of anilines is 1. The van der Waals surface area contributed by atoms with E-state index in [0.29, 0.717) is 10.8 Å². The van der Waals surface area contributed by atoms with E-state index in [1.165, 1.54) is 16.8 Å². The Labute approximate surface area is 94.0 Å². The second-order valence-electron chi connectivity index (χ2n) is 3.12. The Balaban J connectivity index is 2.67. The molecular formula is C8H12N2O3S2. The standard InChI is InChI=1S/C8H12N2O3S2/c1-5(3-15(2)13)10-7-6(8(11)12)9-4-14-7/h4-5,10H,3H2,1-2H3,(H,11,12). The summed E-state index contributed by atoms with van der Waals surface area (Å²) in [5.74, 6) is -0.569. The van der Waals surface area contributed by atoms with Gasteiger partial charge in [-0.3, -0.25) is 4.21 Å². The van der Waals surface area contributed by atoms with Gasteiger partial charge in [0.15, 0.2) is 5.69 Å². The second kappa shape index (κ2) is 5.22. The molecule has 5 nitrogen and oxygen atoms in total. The van der Waals surface area contributed by atoms with E-state index in [2.05, 4.69) is 10.3 Å². The first-order chi connectivity index (χ1) is 7.00. The molecule has 0 aliphatic rings. The Hall–Kier alpha value is -0.950. The molecule has 84 valence electrons. The molecule has 1 rings (SSSR count). The van der Waals surface area contributed by atoms with E-state index in [1.807, 2.05) is 6.92 Å². The van der Waals surface area contributed by atoms with Crippen LogP contribution in [0.15, 0.2) is 5.51 Å². The van der Waals surface area contributed by atoms with Crippen LogP contribution < -0.4 is 5.32 Å². The van der Waals surface area contributed by atoms with Gasteiger partial charge in [0.2, 0.25) is 0 Å². The third kappa shape index (κ3) is 3.60. The number of hydrogen-bond donors (Lipinski definition) is 2. The first kappa shape index (κ1) is 12.1. The van der Waals surface area contributed by atoms with E-state index < -0.39 is 16.8 Å². The van der Waals surface area contributed by atoms with Gasteiger partial charge in [-0.1, -0.05) is 0 Å². The molecule has 0 aliphatic carbocycles. The van der Waals surface area contributed by atoms with Crippen LogP contribution in [0.3, 0.4) is 0 Å². The molecule has 0 radical (unpaired) electrons. The van der Waals surface area contributed by atoms with Crippen molar-refractivity contribution in [2.24, 2.45) is 0 Å². The van der Waals surface area contributed by atoms with Crippen molar-refractivity contribution in [3.05, 3.63) is 11.2 Å². The quantitative estimate of drug-likeness (QED) is 0.813. The van der Waals surface area contributed by atoms with E-state index in [-0.39, 0.29) is 11.7 Å². The summed E-state index contributed by atoms with van der Waals surface area (Å²) >= 11 is 1.23. The van der Waals surface area contributed by atoms with E-state index in [0.717, 1.165) is 0 Å². The minimum absolute atomic E-state index is 0.0220. The molecule has 0 saturated carbocycles. The Morgan fingerprint density at radius 3 is 3.00 bits per heavy atom. The molecule has 0 aliphatic heterocycles. The second-order valence-corrected chi connectivity index (χ2v) is 5.45. The zero-order valence-corrected chi connectivity index (χ0v) is 10.0. The maximum Gasteiger partial charge on any atom is 0.357 e. The fourth-order valence-electron chi connectivity index (χ4n) is 1.12. The molecule has 1 heterocycles. The summed E-state index contributed by atoms with van der Waals surface area (Å²) in [5.41, 5.74) is 1.50. The lowest BCUT2D eigenvalue weighted by atomic mass is 10.4. The van der Waals surface area contributed by atoms with Crippen molar-refractivity contribution in [1.29, 1.82) is 0 Å². The van der Waals surface area contributed by atoms with Crippen LogP contribution in [-0.2, 0) is 10.8 Å². The fraction of sp³-hybridized carbons (Fsp3) is 0.500. The van der Waals surface area contributed by atoms with Gasteiger partial charge in [-0.15, -0.1) is 11.3 Å². The number of nitrogens with zero attached hydrogens (tertiary/aromatic N) is 1. The lowest BCUT2D eigenvalue weighted by Gasteiger charge is -2.11. The first-order valence-corrected chi connectivity index (χ1v) is 6.84. The van der Waals surface area contributed by atoms with Gasteiger partial charge in [0.1, 0.15) is 5.00 Å². The average molecular weight is 248 g/mol. The molecule has 1 aromatic heterocycles. The monoisotopic (exact) mass is 248 g/mol. The highest BCUT2D eigenvalue weighted by molar-refractivity contribution is 7.84. The minimum Gasteiger partial charge on any atom is -0.476 e. The van der Waals surface area contributed by atoms with Gasteiger partial charge in [-0.2, -0.15) is 0 Å². The van der Waals surface area contributed by atoms with Crippen molar-refractivity contribution in [3.63, 3.8) is 0 Å². The number of hydrogen-bond acceptors (Lipinski definition) is 5. The number of thiazole rings is 1. The van der Waals surface area contributed by atoms with Crippen LogP contribution in [0.25, 0.3) is 0 Å². The lowest BCUT2D eigenvalue weighted by Crippen LogP contribution is -2.22. The summed E-state index contributed by atoms with van der Waals surface area (Å²) in [6.45, 7) is 1.85. The first-order valence-electron chi connectivity index (χ1n) is 4.24. The third-order valence-electron chi connectivity index (χ3n) is 1.63. The van der Waals surface area contributed by atoms with E-state index in [9.17, 15) is 9.00 Å². The van der Waals surface area contributed by atoms with Crippen molar-refractivity contribution in [3.8, 4) is 0 Å². The summed E-state index contributed by atoms with van der Waals surface area (Å²) in [4.78, 5) is 14.5. The molecule has 0 bridgehead atoms. The number of carboxylic acid groups (broad SMARTS) is 1. The molecule has 0 spiro atoms. The van der Waals surface area contributed by atoms with Crippen LogP contribution in [-0.4, -0.2) is 38.3 Å². The smallest absolute Gasteiger partial charge is 0.357 e. The predicted molar refractivity (Wildman–Crippen MR) is 61.1 cm³/mol. The molecule has 2 N–H and O–H groups in total. The Kier molecular flexibility index (Phi) is 4.22. The molecule has 2 unspecified atom stereocenters. The predicted octanol–water partition coefficient (Wildman–Crippen LogP) is 1.02. The van der Waals surface area contributed by atoms with Gasteiger partial charge in [-0.25, -0.2) is 9.78 Å². The summed E-state index contributed by atoms with van der Waals surface area (Å²) in [6.07, 6.45) is 1.61. The van der Waals surface area contributed by atoms with Crippen LogP contribution in [0.2, 0.25) is 0 Å². The van der Waals surface area contributed by atoms with Crippen LogP contribution in [0.5, 0.6) is 0 Å². The largest absolute Gasteiger partial charge is 0.476 e. The highest BCUT2D eigenvalue weighted by Gasteiger charge is 2.15. The summed E-state index contributed by atoms with van der Waals surface area (Å²) in [6, 6.07) is -0.0330. The summed E-state index contributed by atoms with van der Waals surface area (Å²) in [7, 11) is -0.900. The number of nitrogens with one attached hydrogen (secondary N) is 1. The highest BCUT2D eigenvalue weighted by atomic mass is 32.2. The number of carbonyl (C=O) groups is 1. The van der Waals surface area contributed by atoms with Crippen LogP contribution in [0, 0.1) is 0 Å². The number of carboxylic acids is 1. The van der Waals surface area contributed by atoms with Crippen molar-refractivity contribution in [2.75, 3.05) is 17.3 Å². The van der Waals surface area contributed by atoms with Gasteiger partial charge >= 0.3 is 5.97 Å². The van der Waals surface area contributed by atoms with Crippen LogP contribution in [0.1, 0.15) is 17.4 Å². The van der Waals surface area contributed by atoms with Gasteiger partial charge in [0, 0.05) is 28.9 Å². The van der Waals surface area contributed by atoms with Crippen molar-refractivity contribution in [2.45, 2.75) is 13.0 Å². The Morgan fingerprint density at radius 2 is 2.47 bits per heavy atom. The van der Waals surface area contributed by atoms with Crippen molar-refractivity contribution >= 4 is 33.1 Å². The Morgan fingerprint density at radius 1 is 1.80 bits per heavy atom. The summed E-state index contributed by atoms with van der Waals surface area (Å²) in [5, 5.41) is 12.3. The maximum atomic E-state index is 10.9. The zero-order chi connectivity index (χ0) is 11.4. The van der Waals surface area contributed by atoms with Gasteiger partial charge in [0.05, 0.1) is 5.51 Å². The average Bonchev–Trinajstić information content (AvgIpc) is 2.50. The topological polar surface area (TPSA) is 79.3 Å². The fourth-order valence-corrected chi connectivity index (χ4v) is 2.69. The van der Waals surface area contributed by atoms with Gasteiger partial charge < -0.3 is 10.4 Å². The number of aromatic carboxylic acids is 1. The molecule has 0 saturated heterocycles. The highest BCUT2D eigenvalue weighted by Crippen LogP contribution is 2.20. The molecule has 0 fully saturated rings. The molecular weight excluding hydrogens is 236 g/mol. The number of aromatic nitrogens is 1. The van der Waals surface area contributed by atoms with E-state index in [4.69, 9.17) is 5.11 Å². The van der Waals surface area contributed by atoms with E-state index >= 15 is 0 Å². The van der Waals surface area contributed by atoms with Crippen LogP contribution in [0.4, 0.5) is 5.00 Å². The van der Waals surface area contributed by atoms with Gasteiger partial charge in [0.25, 0.3) is 0 Å². The zero-order valence-electron chi connectivity index (χ0n) is 8.39. The number of rotatable bonds is 5. The molecule has 0 aromatic carbocycles. The summed E-state index contributed by atoms with van der Waals surface area (Å²) < 4.78 is 10.9. The molecule has 15 heavy (non-hydrogen) atoms. The SMILES string of the molecule is CC(CS(C)=O)Nc1scnc1C(=O)O. The lowest BCUT2D eigenvalue weighted by molar-refractivity contribution is 0.0692. The normalized spacial score (nSPS) is 14.5. The molecule has 0 amide bonds.